The maximum absolute atomic E-state index is 3.89. The van der Waals surface area contributed by atoms with Crippen LogP contribution < -0.4 is 5.32 Å². The molecule has 1 aromatic rings. The highest BCUT2D eigenvalue weighted by Gasteiger charge is 2.21. The molecular weight excluding hydrogens is 166 g/mol. The van der Waals surface area contributed by atoms with Crippen LogP contribution in [0.3, 0.4) is 0 Å². The summed E-state index contributed by atoms with van der Waals surface area (Å²) in [6, 6.07) is 0.520. The Hall–Kier alpha value is -1.13. The van der Waals surface area contributed by atoms with Gasteiger partial charge < -0.3 is 5.32 Å². The lowest BCUT2D eigenvalue weighted by Gasteiger charge is -2.28. The number of nitrogens with one attached hydrogen (secondary N) is 2. The maximum Gasteiger partial charge on any atom is 0.263 e. The summed E-state index contributed by atoms with van der Waals surface area (Å²) in [7, 11) is 0. The van der Waals surface area contributed by atoms with E-state index in [0.717, 1.165) is 0 Å². The van der Waals surface area contributed by atoms with Crippen LogP contribution in [0, 0.1) is 5.92 Å². The van der Waals surface area contributed by atoms with Gasteiger partial charge in [0.25, 0.3) is 5.95 Å². The molecule has 2 rings (SSSR count). The average Bonchev–Trinajstić information content (AvgIpc) is 2.61. The van der Waals surface area contributed by atoms with Gasteiger partial charge in [0.2, 0.25) is 0 Å². The fourth-order valence-electron chi connectivity index (χ4n) is 1.92. The van der Waals surface area contributed by atoms with Gasteiger partial charge in [-0.25, -0.2) is 0 Å². The minimum atomic E-state index is 0.520. The lowest BCUT2D eigenvalue weighted by atomic mass is 9.86. The molecule has 0 amide bonds. The molecule has 1 heterocycles. The van der Waals surface area contributed by atoms with Crippen LogP contribution in [-0.4, -0.2) is 26.7 Å². The molecule has 2 atom stereocenters. The van der Waals surface area contributed by atoms with Crippen molar-refractivity contribution in [2.45, 2.75) is 38.6 Å². The van der Waals surface area contributed by atoms with E-state index in [1.807, 2.05) is 0 Å². The zero-order valence-corrected chi connectivity index (χ0v) is 7.82. The highest BCUT2D eigenvalue weighted by atomic mass is 15.5. The number of anilines is 1. The van der Waals surface area contributed by atoms with Gasteiger partial charge in [0.1, 0.15) is 0 Å². The van der Waals surface area contributed by atoms with E-state index in [1.165, 1.54) is 25.7 Å². The second-order valence-corrected chi connectivity index (χ2v) is 3.75. The number of aromatic nitrogens is 4. The minimum Gasteiger partial charge on any atom is -0.349 e. The number of aromatic amines is 1. The Bertz CT molecular complexity index is 245. The van der Waals surface area contributed by atoms with Gasteiger partial charge in [0.05, 0.1) is 0 Å². The Morgan fingerprint density at radius 2 is 2.23 bits per heavy atom. The van der Waals surface area contributed by atoms with E-state index in [1.54, 1.807) is 0 Å². The lowest BCUT2D eigenvalue weighted by molar-refractivity contribution is 0.348. The van der Waals surface area contributed by atoms with E-state index >= 15 is 0 Å². The van der Waals surface area contributed by atoms with E-state index in [4.69, 9.17) is 0 Å². The molecule has 0 aromatic carbocycles. The summed E-state index contributed by atoms with van der Waals surface area (Å²) < 4.78 is 0. The van der Waals surface area contributed by atoms with Gasteiger partial charge in [0.15, 0.2) is 0 Å². The maximum atomic E-state index is 3.89. The number of hydrogen-bond donors (Lipinski definition) is 2. The van der Waals surface area contributed by atoms with E-state index in [0.29, 0.717) is 17.9 Å². The van der Waals surface area contributed by atoms with Crippen LogP contribution >= 0.6 is 0 Å². The van der Waals surface area contributed by atoms with E-state index < -0.39 is 0 Å². The second kappa shape index (κ2) is 3.72. The Balaban J connectivity index is 1.93. The Morgan fingerprint density at radius 3 is 2.92 bits per heavy atom. The number of nitrogens with zero attached hydrogens (tertiary/aromatic N) is 3. The van der Waals surface area contributed by atoms with Crippen molar-refractivity contribution in [1.29, 1.82) is 0 Å². The zero-order valence-electron chi connectivity index (χ0n) is 7.82. The summed E-state index contributed by atoms with van der Waals surface area (Å²) >= 11 is 0. The first-order chi connectivity index (χ1) is 6.36. The Kier molecular flexibility index (Phi) is 2.42. The highest BCUT2D eigenvalue weighted by Crippen LogP contribution is 2.25. The molecule has 2 N–H and O–H groups in total. The summed E-state index contributed by atoms with van der Waals surface area (Å²) in [6.45, 7) is 2.27. The molecule has 0 radical (unpaired) electrons. The topological polar surface area (TPSA) is 66.5 Å². The molecule has 0 bridgehead atoms. The average molecular weight is 181 g/mol. The predicted molar refractivity (Wildman–Crippen MR) is 49.2 cm³/mol. The van der Waals surface area contributed by atoms with Crippen molar-refractivity contribution >= 4 is 5.95 Å². The number of rotatable bonds is 2. The molecule has 5 heteroatoms. The van der Waals surface area contributed by atoms with Crippen molar-refractivity contribution in [2.24, 2.45) is 5.92 Å². The summed E-state index contributed by atoms with van der Waals surface area (Å²) in [5.74, 6) is 1.34. The highest BCUT2D eigenvalue weighted by molar-refractivity contribution is 5.21. The van der Waals surface area contributed by atoms with Crippen LogP contribution in [0.25, 0.3) is 0 Å². The van der Waals surface area contributed by atoms with Crippen molar-refractivity contribution in [1.82, 2.24) is 20.6 Å². The molecule has 1 fully saturated rings. The van der Waals surface area contributed by atoms with Crippen molar-refractivity contribution in [3.8, 4) is 0 Å². The standard InChI is InChI=1S/C8H15N5/c1-6-4-2-3-5-7(6)9-8-10-12-13-11-8/h6-7H,2-5H2,1H3,(H2,9,10,11,12,13). The molecule has 1 aliphatic carbocycles. The summed E-state index contributed by atoms with van der Waals surface area (Å²) in [6.07, 6.45) is 5.18. The molecule has 1 saturated carbocycles. The summed E-state index contributed by atoms with van der Waals surface area (Å²) in [5.41, 5.74) is 0. The Labute approximate surface area is 77.3 Å². The number of H-pyrrole nitrogens is 1. The smallest absolute Gasteiger partial charge is 0.263 e. The van der Waals surface area contributed by atoms with Crippen molar-refractivity contribution in [3.05, 3.63) is 0 Å². The van der Waals surface area contributed by atoms with Gasteiger partial charge >= 0.3 is 0 Å². The second-order valence-electron chi connectivity index (χ2n) is 3.75. The van der Waals surface area contributed by atoms with Crippen LogP contribution in [0.2, 0.25) is 0 Å². The fourth-order valence-corrected chi connectivity index (χ4v) is 1.92. The van der Waals surface area contributed by atoms with Gasteiger partial charge in [-0.15, -0.1) is 5.10 Å². The van der Waals surface area contributed by atoms with Crippen molar-refractivity contribution in [3.63, 3.8) is 0 Å². The van der Waals surface area contributed by atoms with Gasteiger partial charge in [-0.3, -0.25) is 0 Å². The van der Waals surface area contributed by atoms with Crippen LogP contribution in [0.4, 0.5) is 5.95 Å². The monoisotopic (exact) mass is 181 g/mol. The van der Waals surface area contributed by atoms with Gasteiger partial charge in [-0.2, -0.15) is 5.21 Å². The molecule has 0 aliphatic heterocycles. The molecule has 0 saturated heterocycles. The fraction of sp³-hybridized carbons (Fsp3) is 0.875. The first-order valence-electron chi connectivity index (χ1n) is 4.86. The van der Waals surface area contributed by atoms with E-state index in [-0.39, 0.29) is 0 Å². The quantitative estimate of drug-likeness (QED) is 0.719. The van der Waals surface area contributed by atoms with Crippen LogP contribution in [0.1, 0.15) is 32.6 Å². The van der Waals surface area contributed by atoms with Crippen LogP contribution in [-0.2, 0) is 0 Å². The SMILES string of the molecule is CC1CCCCC1Nc1nn[nH]n1. The third-order valence-corrected chi connectivity index (χ3v) is 2.77. The molecule has 13 heavy (non-hydrogen) atoms. The number of hydrogen-bond acceptors (Lipinski definition) is 4. The van der Waals surface area contributed by atoms with Crippen molar-refractivity contribution < 1.29 is 0 Å². The molecule has 1 aromatic heterocycles. The predicted octanol–water partition coefficient (Wildman–Crippen LogP) is 1.19. The van der Waals surface area contributed by atoms with E-state index in [9.17, 15) is 0 Å². The minimum absolute atomic E-state index is 0.520. The number of tetrazole rings is 1. The third kappa shape index (κ3) is 1.96. The zero-order chi connectivity index (χ0) is 9.10. The van der Waals surface area contributed by atoms with Gasteiger partial charge in [-0.05, 0) is 24.0 Å². The molecule has 0 spiro atoms. The lowest BCUT2D eigenvalue weighted by Crippen LogP contribution is -2.30. The van der Waals surface area contributed by atoms with Gasteiger partial charge in [0, 0.05) is 6.04 Å². The molecule has 72 valence electrons. The Morgan fingerprint density at radius 1 is 1.38 bits per heavy atom. The molecule has 2 unspecified atom stereocenters. The van der Waals surface area contributed by atoms with Crippen molar-refractivity contribution in [2.75, 3.05) is 5.32 Å². The summed E-state index contributed by atoms with van der Waals surface area (Å²) in [5, 5.41) is 17.0. The normalized spacial score (nSPS) is 28.7. The largest absolute Gasteiger partial charge is 0.349 e. The first kappa shape index (κ1) is 8.47. The van der Waals surface area contributed by atoms with Crippen LogP contribution in [0.15, 0.2) is 0 Å². The first-order valence-corrected chi connectivity index (χ1v) is 4.86. The molecule has 5 nitrogen and oxygen atoms in total. The third-order valence-electron chi connectivity index (χ3n) is 2.77. The summed E-state index contributed by atoms with van der Waals surface area (Å²) in [4.78, 5) is 0. The van der Waals surface area contributed by atoms with E-state index in [2.05, 4.69) is 32.9 Å². The molecule has 1 aliphatic rings. The molecular formula is C8H15N5. The van der Waals surface area contributed by atoms with Crippen LogP contribution in [0.5, 0.6) is 0 Å². The van der Waals surface area contributed by atoms with Gasteiger partial charge in [-0.1, -0.05) is 24.9 Å².